The van der Waals surface area contributed by atoms with Crippen LogP contribution in [0, 0.1) is 0 Å². The lowest BCUT2D eigenvalue weighted by Gasteiger charge is -2.11. The fourth-order valence-electron chi connectivity index (χ4n) is 1.84. The van der Waals surface area contributed by atoms with Crippen LogP contribution in [-0.4, -0.2) is 49.9 Å². The van der Waals surface area contributed by atoms with Gasteiger partial charge in [0.05, 0.1) is 24.2 Å². The summed E-state index contributed by atoms with van der Waals surface area (Å²) in [6, 6.07) is 2.93. The summed E-state index contributed by atoms with van der Waals surface area (Å²) in [5.74, 6) is -0.865. The first-order valence-corrected chi connectivity index (χ1v) is 8.35. The zero-order valence-electron chi connectivity index (χ0n) is 13.9. The fraction of sp³-hybridized carbons (Fsp3) is 0.286. The Kier molecular flexibility index (Phi) is 8.58. The first kappa shape index (κ1) is 21.4. The molecule has 0 fully saturated rings. The molecule has 0 bridgehead atoms. The molecule has 0 aromatic heterocycles. The molecule has 1 rings (SSSR count). The Hall–Kier alpha value is -2.60. The molecule has 0 aliphatic rings. The molecule has 26 heavy (non-hydrogen) atoms. The van der Waals surface area contributed by atoms with Crippen molar-refractivity contribution in [1.29, 1.82) is 0 Å². The van der Waals surface area contributed by atoms with Crippen molar-refractivity contribution in [3.8, 4) is 0 Å². The van der Waals surface area contributed by atoms with Crippen molar-refractivity contribution < 1.29 is 9.59 Å². The number of guanidine groups is 2. The van der Waals surface area contributed by atoms with E-state index in [4.69, 9.17) is 22.9 Å². The highest BCUT2D eigenvalue weighted by Gasteiger charge is 2.16. The number of hydrogen-bond acceptors (Lipinski definition) is 6. The van der Waals surface area contributed by atoms with Gasteiger partial charge in [0.15, 0.2) is 11.9 Å². The van der Waals surface area contributed by atoms with Gasteiger partial charge in [0.2, 0.25) is 0 Å². The van der Waals surface area contributed by atoms with Crippen LogP contribution in [0.3, 0.4) is 0 Å². The molecule has 1 aromatic carbocycles. The monoisotopic (exact) mass is 398 g/mol. The fourth-order valence-corrected chi connectivity index (χ4v) is 2.43. The van der Waals surface area contributed by atoms with E-state index in [1.54, 1.807) is 0 Å². The number of hydrogen-bond donors (Lipinski definition) is 8. The Morgan fingerprint density at radius 1 is 0.808 bits per heavy atom. The van der Waals surface area contributed by atoms with E-state index in [2.05, 4.69) is 45.9 Å². The summed E-state index contributed by atoms with van der Waals surface area (Å²) < 4.78 is 0. The van der Waals surface area contributed by atoms with Gasteiger partial charge in [-0.3, -0.25) is 19.6 Å². The van der Waals surface area contributed by atoms with E-state index in [1.807, 2.05) is 0 Å². The molecule has 0 aliphatic heterocycles. The van der Waals surface area contributed by atoms with Gasteiger partial charge in [0.1, 0.15) is 0 Å². The number of thiol groups is 2. The molecule has 0 saturated heterocycles. The zero-order chi connectivity index (χ0) is 19.7. The second-order valence-corrected chi connectivity index (χ2v) is 5.98. The Labute approximate surface area is 161 Å². The van der Waals surface area contributed by atoms with Crippen molar-refractivity contribution in [1.82, 2.24) is 10.6 Å². The molecule has 0 heterocycles. The van der Waals surface area contributed by atoms with Crippen molar-refractivity contribution in [3.63, 3.8) is 0 Å². The van der Waals surface area contributed by atoms with Crippen LogP contribution < -0.4 is 33.6 Å². The standard InChI is InChI=1S/C14H22N8O2S2/c15-13(16)21-3-1-19-11(23)7-5-10(26)8(6-9(7)25)12(24)20-2-4-22-14(17)18/h5-6,25-26H,1-4H2,(H,19,23)(H,20,24)(H4,15,16,21)(H4,17,18,22). The predicted octanol–water partition coefficient (Wildman–Crippen LogP) is -1.73. The molecule has 10 nitrogen and oxygen atoms in total. The van der Waals surface area contributed by atoms with Crippen molar-refractivity contribution in [2.24, 2.45) is 32.9 Å². The third kappa shape index (κ3) is 7.11. The minimum absolute atomic E-state index is 0.0537. The second kappa shape index (κ2) is 10.4. The number of carbonyl (C=O) groups is 2. The normalized spacial score (nSPS) is 9.92. The molecule has 1 aromatic rings. The largest absolute Gasteiger partial charge is 0.370 e. The summed E-state index contributed by atoms with van der Waals surface area (Å²) in [4.78, 5) is 32.5. The maximum absolute atomic E-state index is 12.2. The number of aliphatic imine (C=N–C) groups is 2. The maximum Gasteiger partial charge on any atom is 0.252 e. The van der Waals surface area contributed by atoms with Crippen LogP contribution >= 0.6 is 25.3 Å². The molecular weight excluding hydrogens is 376 g/mol. The van der Waals surface area contributed by atoms with Crippen LogP contribution in [0.5, 0.6) is 0 Å². The smallest absolute Gasteiger partial charge is 0.252 e. The molecule has 0 unspecified atom stereocenters. The molecule has 0 spiro atoms. The van der Waals surface area contributed by atoms with Crippen molar-refractivity contribution in [2.45, 2.75) is 9.79 Å². The molecular formula is C14H22N8O2S2. The lowest BCUT2D eigenvalue weighted by atomic mass is 10.1. The van der Waals surface area contributed by atoms with E-state index < -0.39 is 0 Å². The number of rotatable bonds is 8. The molecule has 10 N–H and O–H groups in total. The van der Waals surface area contributed by atoms with E-state index in [-0.39, 0.29) is 61.0 Å². The molecule has 0 radical (unpaired) electrons. The number of nitrogens with two attached hydrogens (primary N) is 4. The second-order valence-electron chi connectivity index (χ2n) is 5.01. The van der Waals surface area contributed by atoms with Crippen LogP contribution in [-0.2, 0) is 0 Å². The molecule has 142 valence electrons. The lowest BCUT2D eigenvalue weighted by molar-refractivity contribution is 0.0938. The van der Waals surface area contributed by atoms with E-state index in [0.29, 0.717) is 9.79 Å². The SMILES string of the molecule is NC(N)=NCCNC(=O)c1cc(S)c(C(=O)NCCN=C(N)N)cc1S. The number of nitrogens with one attached hydrogen (secondary N) is 2. The van der Waals surface area contributed by atoms with Gasteiger partial charge in [0.25, 0.3) is 11.8 Å². The summed E-state index contributed by atoms with van der Waals surface area (Å²) in [5, 5.41) is 5.29. The molecule has 12 heteroatoms. The highest BCUT2D eigenvalue weighted by Crippen LogP contribution is 2.23. The van der Waals surface area contributed by atoms with E-state index in [1.165, 1.54) is 12.1 Å². The lowest BCUT2D eigenvalue weighted by Crippen LogP contribution is -2.30. The van der Waals surface area contributed by atoms with Gasteiger partial charge in [-0.2, -0.15) is 0 Å². The molecule has 0 aliphatic carbocycles. The Balaban J connectivity index is 2.74. The van der Waals surface area contributed by atoms with Gasteiger partial charge in [0, 0.05) is 22.9 Å². The number of amides is 2. The first-order valence-electron chi connectivity index (χ1n) is 7.45. The van der Waals surface area contributed by atoms with Crippen LogP contribution in [0.1, 0.15) is 20.7 Å². The number of benzene rings is 1. The maximum atomic E-state index is 12.2. The van der Waals surface area contributed by atoms with Crippen molar-refractivity contribution in [3.05, 3.63) is 23.3 Å². The van der Waals surface area contributed by atoms with Gasteiger partial charge < -0.3 is 33.6 Å². The average molecular weight is 399 g/mol. The highest BCUT2D eigenvalue weighted by atomic mass is 32.1. The Morgan fingerprint density at radius 2 is 1.15 bits per heavy atom. The summed E-state index contributed by atoms with van der Waals surface area (Å²) in [5.41, 5.74) is 21.4. The highest BCUT2D eigenvalue weighted by molar-refractivity contribution is 7.80. The van der Waals surface area contributed by atoms with Gasteiger partial charge in [-0.1, -0.05) is 0 Å². The Bertz CT molecular complexity index is 666. The van der Waals surface area contributed by atoms with E-state index in [0.717, 1.165) is 0 Å². The van der Waals surface area contributed by atoms with Crippen LogP contribution in [0.25, 0.3) is 0 Å². The molecule has 0 atom stereocenters. The van der Waals surface area contributed by atoms with Crippen LogP contribution in [0.15, 0.2) is 31.9 Å². The van der Waals surface area contributed by atoms with Crippen LogP contribution in [0.4, 0.5) is 0 Å². The van der Waals surface area contributed by atoms with E-state index in [9.17, 15) is 9.59 Å². The topological polar surface area (TPSA) is 187 Å². The van der Waals surface area contributed by atoms with Crippen LogP contribution in [0.2, 0.25) is 0 Å². The third-order valence-electron chi connectivity index (χ3n) is 2.99. The van der Waals surface area contributed by atoms with Gasteiger partial charge >= 0.3 is 0 Å². The average Bonchev–Trinajstić information content (AvgIpc) is 2.56. The number of carbonyl (C=O) groups excluding carboxylic acids is 2. The minimum atomic E-state index is -0.379. The zero-order valence-corrected chi connectivity index (χ0v) is 15.7. The Morgan fingerprint density at radius 3 is 1.46 bits per heavy atom. The van der Waals surface area contributed by atoms with Gasteiger partial charge in [-0.15, -0.1) is 25.3 Å². The quantitative estimate of drug-likeness (QED) is 0.111. The van der Waals surface area contributed by atoms with Gasteiger partial charge in [-0.05, 0) is 12.1 Å². The predicted molar refractivity (Wildman–Crippen MR) is 107 cm³/mol. The van der Waals surface area contributed by atoms with Gasteiger partial charge in [-0.25, -0.2) is 0 Å². The summed E-state index contributed by atoms with van der Waals surface area (Å²) >= 11 is 8.53. The minimum Gasteiger partial charge on any atom is -0.370 e. The summed E-state index contributed by atoms with van der Waals surface area (Å²) in [6.45, 7) is 0.998. The third-order valence-corrected chi connectivity index (χ3v) is 3.73. The van der Waals surface area contributed by atoms with E-state index >= 15 is 0 Å². The molecule has 2 amide bonds. The molecule has 0 saturated carbocycles. The summed E-state index contributed by atoms with van der Waals surface area (Å²) in [6.07, 6.45) is 0. The van der Waals surface area contributed by atoms with Crippen molar-refractivity contribution in [2.75, 3.05) is 26.2 Å². The first-order chi connectivity index (χ1) is 12.2. The van der Waals surface area contributed by atoms with Crippen molar-refractivity contribution >= 4 is 49.0 Å². The number of nitrogens with zero attached hydrogens (tertiary/aromatic N) is 2. The summed E-state index contributed by atoms with van der Waals surface area (Å²) in [7, 11) is 0.